The lowest BCUT2D eigenvalue weighted by Gasteiger charge is -2.06. The number of halogens is 2. The monoisotopic (exact) mass is 337 g/mol. The van der Waals surface area contributed by atoms with Crippen LogP contribution in [0.1, 0.15) is 26.7 Å². The number of thiophene rings is 1. The number of hydrogen-bond acceptors (Lipinski definition) is 3. The molecule has 1 atom stereocenters. The van der Waals surface area contributed by atoms with Crippen LogP contribution in [-0.2, 0) is 0 Å². The number of aryl methyl sites for hydroxylation is 1. The average molecular weight is 338 g/mol. The summed E-state index contributed by atoms with van der Waals surface area (Å²) < 4.78 is 13.7. The maximum Gasteiger partial charge on any atom is 0.194 e. The van der Waals surface area contributed by atoms with Crippen LogP contribution in [0.3, 0.4) is 0 Å². The van der Waals surface area contributed by atoms with Gasteiger partial charge < -0.3 is 0 Å². The number of rotatable bonds is 3. The molecule has 5 heteroatoms. The van der Waals surface area contributed by atoms with E-state index < -0.39 is 5.92 Å². The Labute approximate surface area is 122 Å². The summed E-state index contributed by atoms with van der Waals surface area (Å²) in [5.74, 6) is -1.54. The van der Waals surface area contributed by atoms with Gasteiger partial charge >= 0.3 is 0 Å². The number of Topliss-reactive ketones (excluding diaryl/α,β-unsaturated/α-hetero) is 1. The third-order valence-corrected chi connectivity index (χ3v) is 4.85. The summed E-state index contributed by atoms with van der Waals surface area (Å²) in [6.07, 6.45) is 0. The van der Waals surface area contributed by atoms with E-state index >= 15 is 0 Å². The molecule has 1 aromatic heterocycles. The number of carbonyl (C=O) groups is 1. The third-order valence-electron chi connectivity index (χ3n) is 2.69. The molecule has 0 bridgehead atoms. The van der Waals surface area contributed by atoms with Crippen molar-refractivity contribution in [1.29, 1.82) is 5.26 Å². The van der Waals surface area contributed by atoms with Crippen molar-refractivity contribution < 1.29 is 9.18 Å². The van der Waals surface area contributed by atoms with E-state index in [0.29, 0.717) is 10.4 Å². The highest BCUT2D eigenvalue weighted by molar-refractivity contribution is 9.11. The van der Waals surface area contributed by atoms with Gasteiger partial charge in [0.15, 0.2) is 5.78 Å². The second-order valence-corrected chi connectivity index (χ2v) is 6.42. The Morgan fingerprint density at radius 1 is 1.42 bits per heavy atom. The van der Waals surface area contributed by atoms with E-state index in [1.165, 1.54) is 35.6 Å². The first-order chi connectivity index (χ1) is 9.02. The summed E-state index contributed by atoms with van der Waals surface area (Å²) in [5, 5.41) is 9.18. The third kappa shape index (κ3) is 2.91. The average Bonchev–Trinajstić information content (AvgIpc) is 2.73. The summed E-state index contributed by atoms with van der Waals surface area (Å²) in [5.41, 5.74) is 1.47. The van der Waals surface area contributed by atoms with Gasteiger partial charge in [0.1, 0.15) is 11.7 Å². The predicted molar refractivity (Wildman–Crippen MR) is 75.8 cm³/mol. The molecule has 0 fully saturated rings. The molecule has 0 aliphatic heterocycles. The molecule has 2 rings (SSSR count). The number of benzene rings is 1. The van der Waals surface area contributed by atoms with E-state index in [0.717, 1.165) is 9.35 Å². The fourth-order valence-corrected chi connectivity index (χ4v) is 3.17. The van der Waals surface area contributed by atoms with E-state index in [4.69, 9.17) is 0 Å². The molecule has 0 radical (unpaired) electrons. The lowest BCUT2D eigenvalue weighted by molar-refractivity contribution is 0.0982. The summed E-state index contributed by atoms with van der Waals surface area (Å²) in [6.45, 7) is 1.89. The minimum Gasteiger partial charge on any atom is -0.291 e. The molecule has 2 nitrogen and oxygen atoms in total. The van der Waals surface area contributed by atoms with Crippen LogP contribution in [0, 0.1) is 24.1 Å². The van der Waals surface area contributed by atoms with Gasteiger partial charge in [-0.2, -0.15) is 5.26 Å². The topological polar surface area (TPSA) is 40.9 Å². The van der Waals surface area contributed by atoms with Gasteiger partial charge in [-0.05, 0) is 52.2 Å². The van der Waals surface area contributed by atoms with Crippen molar-refractivity contribution >= 4 is 33.0 Å². The molecule has 0 saturated carbocycles. The van der Waals surface area contributed by atoms with E-state index in [9.17, 15) is 14.4 Å². The number of nitriles is 1. The Morgan fingerprint density at radius 3 is 2.53 bits per heavy atom. The van der Waals surface area contributed by atoms with E-state index in [-0.39, 0.29) is 11.6 Å². The Balaban J connectivity index is 2.35. The number of ketones is 1. The Morgan fingerprint density at radius 2 is 2.05 bits per heavy atom. The van der Waals surface area contributed by atoms with Gasteiger partial charge in [-0.25, -0.2) is 4.39 Å². The maximum absolute atomic E-state index is 12.9. The van der Waals surface area contributed by atoms with Gasteiger partial charge in [-0.3, -0.25) is 4.79 Å². The molecule has 2 aromatic rings. The molecule has 1 unspecified atom stereocenters. The SMILES string of the molecule is Cc1cc(C(=O)C(C#N)c2ccc(F)cc2)sc1Br. The fraction of sp³-hybridized carbons (Fsp3) is 0.143. The maximum atomic E-state index is 12.9. The lowest BCUT2D eigenvalue weighted by atomic mass is 9.95. The summed E-state index contributed by atoms with van der Waals surface area (Å²) in [7, 11) is 0. The largest absolute Gasteiger partial charge is 0.291 e. The number of carbonyl (C=O) groups excluding carboxylic acids is 1. The lowest BCUT2D eigenvalue weighted by Crippen LogP contribution is -2.09. The summed E-state index contributed by atoms with van der Waals surface area (Å²) in [4.78, 5) is 12.8. The molecular formula is C14H9BrFNOS. The summed E-state index contributed by atoms with van der Waals surface area (Å²) in [6, 6.07) is 9.18. The minimum absolute atomic E-state index is 0.257. The van der Waals surface area contributed by atoms with Crippen molar-refractivity contribution in [3.8, 4) is 6.07 Å². The van der Waals surface area contributed by atoms with Crippen molar-refractivity contribution in [1.82, 2.24) is 0 Å². The standard InChI is InChI=1S/C14H9BrFNOS/c1-8-6-12(19-14(8)15)13(18)11(7-17)9-2-4-10(16)5-3-9/h2-6,11H,1H3. The quantitative estimate of drug-likeness (QED) is 0.776. The van der Waals surface area contributed by atoms with Crippen LogP contribution in [0.5, 0.6) is 0 Å². The van der Waals surface area contributed by atoms with Gasteiger partial charge in [0.2, 0.25) is 0 Å². The van der Waals surface area contributed by atoms with Crippen LogP contribution in [-0.4, -0.2) is 5.78 Å². The molecular weight excluding hydrogens is 329 g/mol. The van der Waals surface area contributed by atoms with Gasteiger partial charge in [0.25, 0.3) is 0 Å². The van der Waals surface area contributed by atoms with Crippen molar-refractivity contribution in [3.63, 3.8) is 0 Å². The van der Waals surface area contributed by atoms with Crippen LogP contribution in [0.25, 0.3) is 0 Å². The van der Waals surface area contributed by atoms with E-state index in [1.807, 2.05) is 13.0 Å². The molecule has 0 saturated heterocycles. The van der Waals surface area contributed by atoms with Gasteiger partial charge in [0.05, 0.1) is 14.7 Å². The second kappa shape index (κ2) is 5.64. The van der Waals surface area contributed by atoms with Crippen molar-refractivity contribution in [3.05, 3.63) is 55.9 Å². The molecule has 0 aliphatic rings. The van der Waals surface area contributed by atoms with Crippen LogP contribution in [0.15, 0.2) is 34.1 Å². The zero-order valence-corrected chi connectivity index (χ0v) is 12.4. The van der Waals surface area contributed by atoms with Crippen molar-refractivity contribution in [2.75, 3.05) is 0 Å². The molecule has 0 aliphatic carbocycles. The van der Waals surface area contributed by atoms with Gasteiger partial charge in [0, 0.05) is 0 Å². The zero-order valence-electron chi connectivity index (χ0n) is 9.98. The van der Waals surface area contributed by atoms with Crippen LogP contribution in [0.2, 0.25) is 0 Å². The van der Waals surface area contributed by atoms with Crippen LogP contribution in [0.4, 0.5) is 4.39 Å². The fourth-order valence-electron chi connectivity index (χ4n) is 1.66. The molecule has 96 valence electrons. The molecule has 0 N–H and O–H groups in total. The smallest absolute Gasteiger partial charge is 0.194 e. The van der Waals surface area contributed by atoms with Crippen molar-refractivity contribution in [2.24, 2.45) is 0 Å². The van der Waals surface area contributed by atoms with E-state index in [1.54, 1.807) is 6.07 Å². The molecule has 1 heterocycles. The Hall–Kier alpha value is -1.51. The molecule has 1 aromatic carbocycles. The number of hydrogen-bond donors (Lipinski definition) is 0. The first-order valence-electron chi connectivity index (χ1n) is 5.48. The second-order valence-electron chi connectivity index (χ2n) is 4.05. The highest BCUT2D eigenvalue weighted by Gasteiger charge is 2.23. The predicted octanol–water partition coefficient (Wildman–Crippen LogP) is 4.45. The summed E-state index contributed by atoms with van der Waals surface area (Å²) >= 11 is 4.66. The van der Waals surface area contributed by atoms with Gasteiger partial charge in [-0.15, -0.1) is 11.3 Å². The first kappa shape index (κ1) is 13.9. The highest BCUT2D eigenvalue weighted by Crippen LogP contribution is 2.31. The normalized spacial score (nSPS) is 11.9. The molecule has 0 spiro atoms. The number of nitrogens with zero attached hydrogens (tertiary/aromatic N) is 1. The molecule has 19 heavy (non-hydrogen) atoms. The zero-order chi connectivity index (χ0) is 14.0. The minimum atomic E-state index is -0.898. The Bertz CT molecular complexity index is 638. The highest BCUT2D eigenvalue weighted by atomic mass is 79.9. The van der Waals surface area contributed by atoms with Crippen LogP contribution < -0.4 is 0 Å². The van der Waals surface area contributed by atoms with Gasteiger partial charge in [-0.1, -0.05) is 12.1 Å². The van der Waals surface area contributed by atoms with E-state index in [2.05, 4.69) is 15.9 Å². The Kier molecular flexibility index (Phi) is 4.13. The van der Waals surface area contributed by atoms with Crippen LogP contribution >= 0.6 is 27.3 Å². The van der Waals surface area contributed by atoms with Crippen molar-refractivity contribution in [2.45, 2.75) is 12.8 Å². The first-order valence-corrected chi connectivity index (χ1v) is 7.09. The molecule has 0 amide bonds.